The number of nitrogens with one attached hydrogen (secondary N) is 1. The SMILES string of the molecule is CCc1cccc(NC2CN(C(=O)OC(C)(C)C)C2)c1. The zero-order valence-electron chi connectivity index (χ0n) is 12.8. The molecule has 2 rings (SSSR count). The summed E-state index contributed by atoms with van der Waals surface area (Å²) >= 11 is 0. The lowest BCUT2D eigenvalue weighted by molar-refractivity contribution is 0.0105. The fourth-order valence-electron chi connectivity index (χ4n) is 2.16. The fourth-order valence-corrected chi connectivity index (χ4v) is 2.16. The quantitative estimate of drug-likeness (QED) is 0.921. The monoisotopic (exact) mass is 276 g/mol. The number of amides is 1. The first-order chi connectivity index (χ1) is 9.37. The number of ether oxygens (including phenoxy) is 1. The van der Waals surface area contributed by atoms with Crippen molar-refractivity contribution in [2.24, 2.45) is 0 Å². The Labute approximate surface area is 121 Å². The Balaban J connectivity index is 1.80. The molecule has 0 bridgehead atoms. The van der Waals surface area contributed by atoms with Crippen LogP contribution in [0.5, 0.6) is 0 Å². The molecule has 0 aliphatic carbocycles. The van der Waals surface area contributed by atoms with E-state index in [2.05, 4.69) is 36.5 Å². The number of rotatable bonds is 3. The van der Waals surface area contributed by atoms with Crippen LogP contribution >= 0.6 is 0 Å². The highest BCUT2D eigenvalue weighted by Gasteiger charge is 2.33. The van der Waals surface area contributed by atoms with Crippen LogP contribution in [0.1, 0.15) is 33.3 Å². The molecule has 1 heterocycles. The molecule has 0 spiro atoms. The maximum Gasteiger partial charge on any atom is 0.410 e. The van der Waals surface area contributed by atoms with E-state index in [9.17, 15) is 4.79 Å². The lowest BCUT2D eigenvalue weighted by Crippen LogP contribution is -2.57. The molecule has 1 aliphatic rings. The molecule has 1 saturated heterocycles. The van der Waals surface area contributed by atoms with Crippen LogP contribution in [0.3, 0.4) is 0 Å². The van der Waals surface area contributed by atoms with E-state index in [4.69, 9.17) is 4.74 Å². The topological polar surface area (TPSA) is 41.6 Å². The van der Waals surface area contributed by atoms with Crippen LogP contribution in [-0.2, 0) is 11.2 Å². The van der Waals surface area contributed by atoms with E-state index >= 15 is 0 Å². The molecule has 1 fully saturated rings. The predicted molar refractivity (Wildman–Crippen MR) is 81.0 cm³/mol. The summed E-state index contributed by atoms with van der Waals surface area (Å²) in [6.07, 6.45) is 0.808. The summed E-state index contributed by atoms with van der Waals surface area (Å²) in [6, 6.07) is 8.73. The average Bonchev–Trinajstić information content (AvgIpc) is 2.31. The molecule has 110 valence electrons. The van der Waals surface area contributed by atoms with E-state index in [1.807, 2.05) is 20.8 Å². The Hall–Kier alpha value is -1.71. The van der Waals surface area contributed by atoms with Crippen molar-refractivity contribution in [3.05, 3.63) is 29.8 Å². The first kappa shape index (κ1) is 14.7. The molecular weight excluding hydrogens is 252 g/mol. The van der Waals surface area contributed by atoms with Crippen LogP contribution in [0, 0.1) is 0 Å². The molecule has 4 nitrogen and oxygen atoms in total. The van der Waals surface area contributed by atoms with Crippen molar-refractivity contribution >= 4 is 11.8 Å². The summed E-state index contributed by atoms with van der Waals surface area (Å²) in [4.78, 5) is 13.5. The highest BCUT2D eigenvalue weighted by Crippen LogP contribution is 2.19. The first-order valence-corrected chi connectivity index (χ1v) is 7.21. The summed E-state index contributed by atoms with van der Waals surface area (Å²) in [5, 5.41) is 3.45. The van der Waals surface area contributed by atoms with Gasteiger partial charge < -0.3 is 15.0 Å². The van der Waals surface area contributed by atoms with E-state index in [0.29, 0.717) is 19.1 Å². The van der Waals surface area contributed by atoms with Crippen molar-refractivity contribution in [3.63, 3.8) is 0 Å². The lowest BCUT2D eigenvalue weighted by atomic mass is 10.1. The second-order valence-corrected chi connectivity index (χ2v) is 6.28. The number of hydrogen-bond donors (Lipinski definition) is 1. The fraction of sp³-hybridized carbons (Fsp3) is 0.562. The van der Waals surface area contributed by atoms with Crippen molar-refractivity contribution in [2.75, 3.05) is 18.4 Å². The second kappa shape index (κ2) is 5.73. The minimum absolute atomic E-state index is 0.224. The average molecular weight is 276 g/mol. The Morgan fingerprint density at radius 1 is 1.40 bits per heavy atom. The van der Waals surface area contributed by atoms with E-state index in [0.717, 1.165) is 12.1 Å². The van der Waals surface area contributed by atoms with Gasteiger partial charge in [-0.2, -0.15) is 0 Å². The molecule has 1 amide bonds. The largest absolute Gasteiger partial charge is 0.444 e. The van der Waals surface area contributed by atoms with Gasteiger partial charge in [0.15, 0.2) is 0 Å². The molecule has 4 heteroatoms. The third kappa shape index (κ3) is 3.89. The summed E-state index contributed by atoms with van der Waals surface area (Å²) < 4.78 is 5.34. The molecule has 0 radical (unpaired) electrons. The maximum absolute atomic E-state index is 11.8. The van der Waals surface area contributed by atoms with Crippen LogP contribution in [-0.4, -0.2) is 35.7 Å². The minimum atomic E-state index is -0.426. The number of likely N-dealkylation sites (tertiary alicyclic amines) is 1. The van der Waals surface area contributed by atoms with Gasteiger partial charge in [-0.15, -0.1) is 0 Å². The van der Waals surface area contributed by atoms with Gasteiger partial charge in [-0.1, -0.05) is 19.1 Å². The Bertz CT molecular complexity index is 474. The normalized spacial score (nSPS) is 15.7. The third-order valence-electron chi connectivity index (χ3n) is 3.24. The van der Waals surface area contributed by atoms with Crippen molar-refractivity contribution < 1.29 is 9.53 Å². The van der Waals surface area contributed by atoms with Crippen LogP contribution in [0.15, 0.2) is 24.3 Å². The summed E-state index contributed by atoms with van der Waals surface area (Å²) in [7, 11) is 0. The second-order valence-electron chi connectivity index (χ2n) is 6.28. The number of carbonyl (C=O) groups is 1. The highest BCUT2D eigenvalue weighted by molar-refractivity contribution is 5.69. The van der Waals surface area contributed by atoms with Crippen LogP contribution < -0.4 is 5.32 Å². The molecule has 0 atom stereocenters. The Morgan fingerprint density at radius 3 is 2.70 bits per heavy atom. The third-order valence-corrected chi connectivity index (χ3v) is 3.24. The number of anilines is 1. The van der Waals surface area contributed by atoms with Crippen LogP contribution in [0.2, 0.25) is 0 Å². The molecule has 1 aromatic rings. The lowest BCUT2D eigenvalue weighted by Gasteiger charge is -2.40. The van der Waals surface area contributed by atoms with Crippen molar-refractivity contribution in [1.29, 1.82) is 0 Å². The molecule has 1 aliphatic heterocycles. The zero-order chi connectivity index (χ0) is 14.8. The summed E-state index contributed by atoms with van der Waals surface area (Å²) in [5.41, 5.74) is 2.02. The van der Waals surface area contributed by atoms with Gasteiger partial charge in [0.05, 0.1) is 6.04 Å². The highest BCUT2D eigenvalue weighted by atomic mass is 16.6. The zero-order valence-corrected chi connectivity index (χ0v) is 12.8. The molecule has 0 aromatic heterocycles. The van der Waals surface area contributed by atoms with E-state index in [1.54, 1.807) is 4.90 Å². The predicted octanol–water partition coefficient (Wildman–Crippen LogP) is 3.28. The number of nitrogens with zero attached hydrogens (tertiary/aromatic N) is 1. The van der Waals surface area contributed by atoms with Gasteiger partial charge in [0, 0.05) is 18.8 Å². The van der Waals surface area contributed by atoms with Gasteiger partial charge in [-0.25, -0.2) is 4.79 Å². The van der Waals surface area contributed by atoms with Gasteiger partial charge in [0.2, 0.25) is 0 Å². The van der Waals surface area contributed by atoms with Crippen molar-refractivity contribution in [2.45, 2.75) is 45.8 Å². The number of hydrogen-bond acceptors (Lipinski definition) is 3. The molecule has 20 heavy (non-hydrogen) atoms. The van der Waals surface area contributed by atoms with Gasteiger partial charge in [-0.05, 0) is 44.9 Å². The number of benzene rings is 1. The molecule has 1 N–H and O–H groups in total. The Kier molecular flexibility index (Phi) is 4.21. The van der Waals surface area contributed by atoms with Gasteiger partial charge in [-0.3, -0.25) is 0 Å². The minimum Gasteiger partial charge on any atom is -0.444 e. The smallest absolute Gasteiger partial charge is 0.410 e. The standard InChI is InChI=1S/C16H24N2O2/c1-5-12-7-6-8-13(9-12)17-14-10-18(11-14)15(19)20-16(2,3)4/h6-9,14,17H,5,10-11H2,1-4H3. The maximum atomic E-state index is 11.8. The van der Waals surface area contributed by atoms with Gasteiger partial charge in [0.25, 0.3) is 0 Å². The van der Waals surface area contributed by atoms with E-state index in [1.165, 1.54) is 5.56 Å². The first-order valence-electron chi connectivity index (χ1n) is 7.21. The van der Waals surface area contributed by atoms with Crippen LogP contribution in [0.25, 0.3) is 0 Å². The summed E-state index contributed by atoms with van der Waals surface area (Å²) in [6.45, 7) is 9.20. The van der Waals surface area contributed by atoms with Crippen molar-refractivity contribution in [1.82, 2.24) is 4.90 Å². The number of carbonyl (C=O) groups excluding carboxylic acids is 1. The molecule has 0 saturated carbocycles. The van der Waals surface area contributed by atoms with Crippen LogP contribution in [0.4, 0.5) is 10.5 Å². The van der Waals surface area contributed by atoms with Gasteiger partial charge in [0.1, 0.15) is 5.60 Å². The number of aryl methyl sites for hydroxylation is 1. The van der Waals surface area contributed by atoms with E-state index in [-0.39, 0.29) is 6.09 Å². The van der Waals surface area contributed by atoms with Crippen molar-refractivity contribution in [3.8, 4) is 0 Å². The molecule has 0 unspecified atom stereocenters. The molecular formula is C16H24N2O2. The molecule has 1 aromatic carbocycles. The Morgan fingerprint density at radius 2 is 2.10 bits per heavy atom. The summed E-state index contributed by atoms with van der Waals surface area (Å²) in [5.74, 6) is 0. The van der Waals surface area contributed by atoms with E-state index < -0.39 is 5.60 Å². The van der Waals surface area contributed by atoms with Gasteiger partial charge >= 0.3 is 6.09 Å².